The quantitative estimate of drug-likeness (QED) is 0.530. The number of likely N-dealkylation sites (tertiary alicyclic amines) is 1. The molecule has 3 rings (SSSR count). The first-order valence-corrected chi connectivity index (χ1v) is 14.2. The highest BCUT2D eigenvalue weighted by Gasteiger charge is 2.48. The van der Waals surface area contributed by atoms with Crippen molar-refractivity contribution < 1.29 is 14.4 Å². The fourth-order valence-corrected chi connectivity index (χ4v) is 6.33. The topological polar surface area (TPSA) is 91.4 Å². The highest BCUT2D eigenvalue weighted by Crippen LogP contribution is 2.31. The molecule has 0 radical (unpaired) electrons. The maximum absolute atomic E-state index is 13.7. The maximum Gasteiger partial charge on any atom is 0.246 e. The zero-order valence-electron chi connectivity index (χ0n) is 21.7. The summed E-state index contributed by atoms with van der Waals surface area (Å²) in [5.41, 5.74) is 4.52. The van der Waals surface area contributed by atoms with Crippen LogP contribution in [0.4, 0.5) is 0 Å². The lowest BCUT2D eigenvalue weighted by molar-refractivity contribution is -0.145. The Morgan fingerprint density at radius 2 is 1.91 bits per heavy atom. The van der Waals surface area contributed by atoms with Crippen molar-refractivity contribution in [2.24, 2.45) is 5.41 Å². The monoisotopic (exact) mass is 514 g/mol. The molecule has 35 heavy (non-hydrogen) atoms. The van der Waals surface area contributed by atoms with Crippen molar-refractivity contribution in [1.82, 2.24) is 20.5 Å². The molecular weight excluding hydrogens is 476 g/mol. The van der Waals surface area contributed by atoms with Crippen LogP contribution in [0.25, 0.3) is 10.4 Å². The number of rotatable bonds is 8. The van der Waals surface area contributed by atoms with Crippen molar-refractivity contribution in [2.75, 3.05) is 6.54 Å². The third kappa shape index (κ3) is 6.19. The van der Waals surface area contributed by atoms with Gasteiger partial charge in [-0.2, -0.15) is 0 Å². The Morgan fingerprint density at radius 3 is 2.49 bits per heavy atom. The van der Waals surface area contributed by atoms with Gasteiger partial charge in [0.25, 0.3) is 0 Å². The maximum atomic E-state index is 13.7. The number of hydrogen-bond donors (Lipinski definition) is 2. The molecule has 3 amide bonds. The second-order valence-corrected chi connectivity index (χ2v) is 13.1. The minimum absolute atomic E-state index is 0.107. The molecule has 2 heterocycles. The summed E-state index contributed by atoms with van der Waals surface area (Å²) in [6, 6.07) is 7.48. The van der Waals surface area contributed by atoms with Crippen LogP contribution in [0.5, 0.6) is 0 Å². The molecule has 0 unspecified atom stereocenters. The van der Waals surface area contributed by atoms with E-state index in [9.17, 15) is 14.4 Å². The Bertz CT molecular complexity index is 1060. The van der Waals surface area contributed by atoms with Gasteiger partial charge >= 0.3 is 0 Å². The Kier molecular flexibility index (Phi) is 8.53. The molecule has 2 atom stereocenters. The molecule has 1 aliphatic heterocycles. The van der Waals surface area contributed by atoms with Crippen LogP contribution in [0.2, 0.25) is 0 Å². The number of aromatic nitrogens is 1. The average Bonchev–Trinajstić information content (AvgIpc) is 3.41. The van der Waals surface area contributed by atoms with Crippen LogP contribution < -0.4 is 10.6 Å². The van der Waals surface area contributed by atoms with Gasteiger partial charge in [0.1, 0.15) is 11.2 Å². The second-order valence-electron chi connectivity index (χ2n) is 10.6. The summed E-state index contributed by atoms with van der Waals surface area (Å²) < 4.78 is 0. The summed E-state index contributed by atoms with van der Waals surface area (Å²) in [6.45, 7) is 10.7. The first kappa shape index (κ1) is 27.1. The molecule has 2 aromatic rings. The van der Waals surface area contributed by atoms with E-state index in [1.807, 2.05) is 52.3 Å². The van der Waals surface area contributed by atoms with Gasteiger partial charge in [0.15, 0.2) is 0 Å². The van der Waals surface area contributed by atoms with E-state index >= 15 is 0 Å². The van der Waals surface area contributed by atoms with Gasteiger partial charge in [-0.25, -0.2) is 4.98 Å². The van der Waals surface area contributed by atoms with Crippen LogP contribution >= 0.6 is 11.3 Å². The molecule has 1 aromatic heterocycles. The molecule has 0 aliphatic carbocycles. The van der Waals surface area contributed by atoms with Gasteiger partial charge in [-0.05, 0) is 42.7 Å². The summed E-state index contributed by atoms with van der Waals surface area (Å²) >= 11 is 1.62. The zero-order chi connectivity index (χ0) is 25.8. The van der Waals surface area contributed by atoms with Crippen LogP contribution in [0, 0.1) is 12.3 Å². The molecule has 9 heteroatoms. The summed E-state index contributed by atoms with van der Waals surface area (Å²) in [4.78, 5) is 46.6. The molecule has 190 valence electrons. The first-order chi connectivity index (χ1) is 16.5. The van der Waals surface area contributed by atoms with Crippen LogP contribution in [0.1, 0.15) is 64.6 Å². The lowest BCUT2D eigenvalue weighted by Crippen LogP contribution is -2.63. The molecular formula is C26H38N4O3SSi. The zero-order valence-corrected chi connectivity index (χ0v) is 24.6. The number of nitrogens with one attached hydrogen (secondary N) is 2. The fraction of sp³-hybridized carbons (Fsp3) is 0.538. The Hall–Kier alpha value is -2.52. The molecule has 0 bridgehead atoms. The van der Waals surface area contributed by atoms with Crippen molar-refractivity contribution in [2.45, 2.75) is 78.1 Å². The minimum atomic E-state index is -0.810. The Labute approximate surface area is 215 Å². The van der Waals surface area contributed by atoms with E-state index in [1.54, 1.807) is 16.2 Å². The van der Waals surface area contributed by atoms with Crippen molar-refractivity contribution in [3.05, 3.63) is 41.0 Å². The highest BCUT2D eigenvalue weighted by atomic mass is 32.1. The molecule has 2 N–H and O–H groups in total. The molecule has 0 saturated carbocycles. The predicted octanol–water partition coefficient (Wildman–Crippen LogP) is 2.75. The van der Waals surface area contributed by atoms with Crippen molar-refractivity contribution in [3.63, 3.8) is 0 Å². The number of nitrogens with zero attached hydrogens (tertiary/aromatic N) is 2. The lowest BCUT2D eigenvalue weighted by Gasteiger charge is -2.40. The number of carbonyl (C=O) groups is 3. The summed E-state index contributed by atoms with van der Waals surface area (Å²) in [7, 11) is 0.515. The third-order valence-corrected chi connectivity index (χ3v) is 9.18. The van der Waals surface area contributed by atoms with Gasteiger partial charge in [0.2, 0.25) is 17.7 Å². The summed E-state index contributed by atoms with van der Waals surface area (Å²) in [5, 5.41) is 5.21. The minimum Gasteiger partial charge on any atom is -0.350 e. The fourth-order valence-electron chi connectivity index (χ4n) is 4.54. The number of carbonyl (C=O) groups excluding carboxylic acids is 3. The Morgan fingerprint density at radius 1 is 1.23 bits per heavy atom. The van der Waals surface area contributed by atoms with Crippen molar-refractivity contribution in [3.8, 4) is 10.4 Å². The number of benzene rings is 1. The lowest BCUT2D eigenvalue weighted by atomic mass is 9.85. The standard InChI is InChI=1S/C26H38N4O3SSi/c1-6-8-20(31)29-22(25(3,4)5)23(32)30-14-7-13-26(30,35)24(33)27-15-18-9-11-19(12-10-18)21-17(2)28-16-34-21/h9-12,16,22H,6-8,13-15H2,1-5,35H3,(H,27,33)(H,29,31)/t22-,26-/m1/s1. The Balaban J connectivity index is 1.69. The predicted molar refractivity (Wildman–Crippen MR) is 144 cm³/mol. The summed E-state index contributed by atoms with van der Waals surface area (Å²) in [6.07, 6.45) is 2.54. The van der Waals surface area contributed by atoms with E-state index in [2.05, 4.69) is 27.8 Å². The average molecular weight is 515 g/mol. The molecule has 1 fully saturated rings. The first-order valence-electron chi connectivity index (χ1n) is 12.4. The third-order valence-electron chi connectivity index (χ3n) is 6.71. The molecule has 1 aliphatic rings. The van der Waals surface area contributed by atoms with Crippen molar-refractivity contribution >= 4 is 39.3 Å². The van der Waals surface area contributed by atoms with Crippen molar-refractivity contribution in [1.29, 1.82) is 0 Å². The van der Waals surface area contributed by atoms with Gasteiger partial charge < -0.3 is 15.5 Å². The van der Waals surface area contributed by atoms with Gasteiger partial charge in [0.05, 0.1) is 16.1 Å². The van der Waals surface area contributed by atoms with E-state index in [-0.39, 0.29) is 17.7 Å². The van der Waals surface area contributed by atoms with E-state index in [1.165, 1.54) is 0 Å². The van der Waals surface area contributed by atoms with Gasteiger partial charge in [-0.15, -0.1) is 11.3 Å². The van der Waals surface area contributed by atoms with Gasteiger partial charge in [-0.1, -0.05) is 52.0 Å². The largest absolute Gasteiger partial charge is 0.350 e. The highest BCUT2D eigenvalue weighted by molar-refractivity contribution is 7.13. The number of aryl methyl sites for hydroxylation is 1. The van der Waals surface area contributed by atoms with E-state index in [0.29, 0.717) is 36.2 Å². The second kappa shape index (κ2) is 11.0. The molecule has 7 nitrogen and oxygen atoms in total. The molecule has 1 saturated heterocycles. The van der Waals surface area contributed by atoms with Crippen LogP contribution in [0.3, 0.4) is 0 Å². The van der Waals surface area contributed by atoms with Gasteiger partial charge in [-0.3, -0.25) is 14.4 Å². The van der Waals surface area contributed by atoms with E-state index in [0.717, 1.165) is 34.5 Å². The molecule has 1 aromatic carbocycles. The van der Waals surface area contributed by atoms with Crippen LogP contribution in [0.15, 0.2) is 29.8 Å². The van der Waals surface area contributed by atoms with Gasteiger partial charge in [0, 0.05) is 29.8 Å². The van der Waals surface area contributed by atoms with Crippen LogP contribution in [-0.4, -0.2) is 55.6 Å². The SMILES string of the molecule is CCCC(=O)N[C@H](C(=O)N1CCC[C@@]1([SiH3])C(=O)NCc1ccc(-c2scnc2C)cc1)C(C)(C)C. The number of amides is 3. The van der Waals surface area contributed by atoms with Crippen LogP contribution in [-0.2, 0) is 20.9 Å². The summed E-state index contributed by atoms with van der Waals surface area (Å²) in [5.74, 6) is -0.390. The molecule has 0 spiro atoms. The normalized spacial score (nSPS) is 18.9. The smallest absolute Gasteiger partial charge is 0.246 e. The van der Waals surface area contributed by atoms with E-state index in [4.69, 9.17) is 0 Å². The number of thiazole rings is 1. The van der Waals surface area contributed by atoms with E-state index < -0.39 is 16.6 Å². The number of hydrogen-bond acceptors (Lipinski definition) is 5.